The Balaban J connectivity index is 1.86. The van der Waals surface area contributed by atoms with E-state index in [0.29, 0.717) is 5.84 Å². The van der Waals surface area contributed by atoms with Crippen molar-refractivity contribution in [1.82, 2.24) is 4.90 Å². The molecule has 0 aromatic carbocycles. The van der Waals surface area contributed by atoms with Gasteiger partial charge in [-0.15, -0.1) is 0 Å². The summed E-state index contributed by atoms with van der Waals surface area (Å²) < 4.78 is 0. The van der Waals surface area contributed by atoms with Crippen LogP contribution in [0.2, 0.25) is 0 Å². The lowest BCUT2D eigenvalue weighted by molar-refractivity contribution is 0.498. The number of nitrogens with one attached hydrogen (secondary N) is 1. The fourth-order valence-corrected chi connectivity index (χ4v) is 2.44. The van der Waals surface area contributed by atoms with Crippen LogP contribution in [-0.4, -0.2) is 24.3 Å². The highest BCUT2D eigenvalue weighted by Crippen LogP contribution is 2.22. The summed E-state index contributed by atoms with van der Waals surface area (Å²) in [7, 11) is 2.02. The Bertz CT molecular complexity index is 450. The Hall–Kier alpha value is -1.57. The first kappa shape index (κ1) is 12.9. The molecule has 18 heavy (non-hydrogen) atoms. The predicted octanol–water partition coefficient (Wildman–Crippen LogP) is 3.84. The molecule has 0 saturated carbocycles. The van der Waals surface area contributed by atoms with Gasteiger partial charge in [-0.05, 0) is 38.2 Å². The maximum absolute atomic E-state index is 8.15. The Morgan fingerprint density at radius 2 is 2.22 bits per heavy atom. The van der Waals surface area contributed by atoms with Gasteiger partial charge in [-0.25, -0.2) is 0 Å². The molecule has 2 aliphatic carbocycles. The van der Waals surface area contributed by atoms with Crippen molar-refractivity contribution < 1.29 is 0 Å². The van der Waals surface area contributed by atoms with Gasteiger partial charge in [0.25, 0.3) is 0 Å². The molecule has 0 amide bonds. The molecule has 0 heterocycles. The zero-order chi connectivity index (χ0) is 13.0. The molecule has 0 unspecified atom stereocenters. The van der Waals surface area contributed by atoms with E-state index in [4.69, 9.17) is 5.41 Å². The zero-order valence-electron chi connectivity index (χ0n) is 11.4. The van der Waals surface area contributed by atoms with Crippen molar-refractivity contribution in [3.8, 4) is 0 Å². The molecule has 0 spiro atoms. The van der Waals surface area contributed by atoms with Crippen molar-refractivity contribution in [3.05, 3.63) is 47.1 Å². The summed E-state index contributed by atoms with van der Waals surface area (Å²) in [5.41, 5.74) is 4.10. The van der Waals surface area contributed by atoms with Crippen molar-refractivity contribution in [1.29, 1.82) is 5.41 Å². The molecule has 0 radical (unpaired) electrons. The summed E-state index contributed by atoms with van der Waals surface area (Å²) in [6.45, 7) is 3.14. The Morgan fingerprint density at radius 3 is 2.89 bits per heavy atom. The number of hydrogen-bond donors (Lipinski definition) is 1. The molecule has 2 nitrogen and oxygen atoms in total. The maximum atomic E-state index is 8.15. The molecule has 0 bridgehead atoms. The fourth-order valence-electron chi connectivity index (χ4n) is 2.44. The first-order valence-electron chi connectivity index (χ1n) is 6.69. The van der Waals surface area contributed by atoms with Crippen LogP contribution >= 0.6 is 0 Å². The van der Waals surface area contributed by atoms with E-state index in [1.807, 2.05) is 19.2 Å². The van der Waals surface area contributed by atoms with Gasteiger partial charge in [-0.3, -0.25) is 5.41 Å². The van der Waals surface area contributed by atoms with Gasteiger partial charge in [0.2, 0.25) is 0 Å². The number of allylic oxidation sites excluding steroid dienone is 6. The van der Waals surface area contributed by atoms with Gasteiger partial charge >= 0.3 is 0 Å². The largest absolute Gasteiger partial charge is 0.360 e. The van der Waals surface area contributed by atoms with Gasteiger partial charge in [0.15, 0.2) is 0 Å². The van der Waals surface area contributed by atoms with Gasteiger partial charge in [0.05, 0.1) is 0 Å². The lowest BCUT2D eigenvalue weighted by atomic mass is 9.96. The molecule has 0 aliphatic heterocycles. The minimum Gasteiger partial charge on any atom is -0.360 e. The minimum absolute atomic E-state index is 0.671. The SMILES string of the molecule is CC1=C(CCN(C)C(=N)C2=CC=CC2)CCC=C1. The molecule has 2 aliphatic rings. The topological polar surface area (TPSA) is 27.1 Å². The number of rotatable bonds is 4. The van der Waals surface area contributed by atoms with Gasteiger partial charge in [0, 0.05) is 13.6 Å². The van der Waals surface area contributed by atoms with E-state index in [-0.39, 0.29) is 0 Å². The van der Waals surface area contributed by atoms with Gasteiger partial charge in [-0.2, -0.15) is 0 Å². The zero-order valence-corrected chi connectivity index (χ0v) is 11.4. The van der Waals surface area contributed by atoms with Crippen LogP contribution in [0.1, 0.15) is 32.6 Å². The summed E-state index contributed by atoms with van der Waals surface area (Å²) in [6.07, 6.45) is 15.0. The highest BCUT2D eigenvalue weighted by molar-refractivity contribution is 5.96. The van der Waals surface area contributed by atoms with Crippen molar-refractivity contribution in [3.63, 3.8) is 0 Å². The van der Waals surface area contributed by atoms with Crippen LogP contribution in [0, 0.1) is 5.41 Å². The number of likely N-dealkylation sites (N-methyl/N-ethyl adjacent to an activating group) is 1. The molecule has 0 atom stereocenters. The highest BCUT2D eigenvalue weighted by atomic mass is 15.1. The van der Waals surface area contributed by atoms with Crippen LogP contribution in [0.25, 0.3) is 0 Å². The highest BCUT2D eigenvalue weighted by Gasteiger charge is 2.12. The van der Waals surface area contributed by atoms with Gasteiger partial charge < -0.3 is 4.90 Å². The van der Waals surface area contributed by atoms with Crippen molar-refractivity contribution in [2.45, 2.75) is 32.6 Å². The van der Waals surface area contributed by atoms with E-state index in [1.165, 1.54) is 18.4 Å². The van der Waals surface area contributed by atoms with Crippen LogP contribution in [0.15, 0.2) is 47.1 Å². The maximum Gasteiger partial charge on any atom is 0.123 e. The standard InChI is InChI=1S/C16H22N2/c1-13-7-3-4-8-14(13)11-12-18(2)16(17)15-9-5-6-10-15/h3,5-7,9,17H,4,8,10-12H2,1-2H3. The number of nitrogens with zero attached hydrogens (tertiary/aromatic N) is 1. The van der Waals surface area contributed by atoms with E-state index in [1.54, 1.807) is 5.57 Å². The quantitative estimate of drug-likeness (QED) is 0.588. The first-order chi connectivity index (χ1) is 8.68. The second kappa shape index (κ2) is 5.85. The summed E-state index contributed by atoms with van der Waals surface area (Å²) in [5, 5.41) is 8.15. The third kappa shape index (κ3) is 3.00. The van der Waals surface area contributed by atoms with E-state index in [0.717, 1.165) is 25.0 Å². The average Bonchev–Trinajstić information content (AvgIpc) is 2.90. The van der Waals surface area contributed by atoms with Crippen molar-refractivity contribution >= 4 is 5.84 Å². The Morgan fingerprint density at radius 1 is 1.39 bits per heavy atom. The second-order valence-electron chi connectivity index (χ2n) is 5.07. The Labute approximate surface area is 110 Å². The van der Waals surface area contributed by atoms with E-state index in [9.17, 15) is 0 Å². The molecule has 1 N–H and O–H groups in total. The van der Waals surface area contributed by atoms with Crippen LogP contribution < -0.4 is 0 Å². The number of hydrogen-bond acceptors (Lipinski definition) is 1. The molecule has 0 aromatic heterocycles. The first-order valence-corrected chi connectivity index (χ1v) is 6.69. The van der Waals surface area contributed by atoms with Crippen molar-refractivity contribution in [2.24, 2.45) is 0 Å². The fraction of sp³-hybridized carbons (Fsp3) is 0.438. The van der Waals surface area contributed by atoms with E-state index >= 15 is 0 Å². The van der Waals surface area contributed by atoms with Crippen LogP contribution in [0.5, 0.6) is 0 Å². The minimum atomic E-state index is 0.671. The average molecular weight is 242 g/mol. The summed E-state index contributed by atoms with van der Waals surface area (Å²) in [4.78, 5) is 2.07. The lowest BCUT2D eigenvalue weighted by Gasteiger charge is -2.22. The van der Waals surface area contributed by atoms with Crippen LogP contribution in [0.3, 0.4) is 0 Å². The molecule has 96 valence electrons. The van der Waals surface area contributed by atoms with Crippen LogP contribution in [-0.2, 0) is 0 Å². The van der Waals surface area contributed by atoms with Crippen molar-refractivity contribution in [2.75, 3.05) is 13.6 Å². The summed E-state index contributed by atoms with van der Waals surface area (Å²) in [6, 6.07) is 0. The summed E-state index contributed by atoms with van der Waals surface area (Å²) >= 11 is 0. The predicted molar refractivity (Wildman–Crippen MR) is 77.9 cm³/mol. The monoisotopic (exact) mass is 242 g/mol. The molecule has 0 fully saturated rings. The molecule has 2 heteroatoms. The molecular formula is C16H22N2. The normalized spacial score (nSPS) is 18.2. The molecule has 0 aromatic rings. The third-order valence-corrected chi connectivity index (χ3v) is 3.74. The van der Waals surface area contributed by atoms with E-state index in [2.05, 4.69) is 30.1 Å². The molecule has 2 rings (SSSR count). The smallest absolute Gasteiger partial charge is 0.123 e. The summed E-state index contributed by atoms with van der Waals surface area (Å²) in [5.74, 6) is 0.671. The second-order valence-corrected chi connectivity index (χ2v) is 5.07. The van der Waals surface area contributed by atoms with Gasteiger partial charge in [-0.1, -0.05) is 41.5 Å². The molecular weight excluding hydrogens is 220 g/mol. The third-order valence-electron chi connectivity index (χ3n) is 3.74. The van der Waals surface area contributed by atoms with E-state index < -0.39 is 0 Å². The number of amidine groups is 1. The van der Waals surface area contributed by atoms with Gasteiger partial charge in [0.1, 0.15) is 5.84 Å². The molecule has 0 saturated heterocycles. The van der Waals surface area contributed by atoms with Crippen LogP contribution in [0.4, 0.5) is 0 Å². The lowest BCUT2D eigenvalue weighted by Crippen LogP contribution is -2.28. The Kier molecular flexibility index (Phi) is 4.19.